The minimum atomic E-state index is -0.177. The predicted octanol–water partition coefficient (Wildman–Crippen LogP) is 4.06. The maximum Gasteiger partial charge on any atom is 0.123 e. The van der Waals surface area contributed by atoms with Gasteiger partial charge in [-0.3, -0.25) is 0 Å². The standard InChI is InChI=1S/C17H20FNS/c1-13-4-3-5-17(10-13)20-12-16(19-2)11-14-6-8-15(18)9-7-14/h3-10,16,19H,11-12H2,1-2H3. The Morgan fingerprint density at radius 1 is 1.15 bits per heavy atom. The SMILES string of the molecule is CNC(CSc1cccc(C)c1)Cc1ccc(F)cc1. The number of rotatable bonds is 6. The van der Waals surface area contributed by atoms with E-state index in [0.29, 0.717) is 6.04 Å². The van der Waals surface area contributed by atoms with Gasteiger partial charge in [-0.15, -0.1) is 11.8 Å². The van der Waals surface area contributed by atoms with Gasteiger partial charge in [0.25, 0.3) is 0 Å². The fourth-order valence-electron chi connectivity index (χ4n) is 2.05. The van der Waals surface area contributed by atoms with Gasteiger partial charge in [0.2, 0.25) is 0 Å². The van der Waals surface area contributed by atoms with Gasteiger partial charge in [0.15, 0.2) is 0 Å². The zero-order valence-electron chi connectivity index (χ0n) is 11.9. The molecule has 2 aromatic carbocycles. The number of thioether (sulfide) groups is 1. The van der Waals surface area contributed by atoms with E-state index >= 15 is 0 Å². The molecular weight excluding hydrogens is 269 g/mol. The van der Waals surface area contributed by atoms with Gasteiger partial charge in [0.1, 0.15) is 5.82 Å². The molecule has 0 aliphatic rings. The predicted molar refractivity (Wildman–Crippen MR) is 84.9 cm³/mol. The van der Waals surface area contributed by atoms with Crippen LogP contribution in [0.1, 0.15) is 11.1 Å². The van der Waals surface area contributed by atoms with Crippen molar-refractivity contribution in [3.8, 4) is 0 Å². The van der Waals surface area contributed by atoms with E-state index in [9.17, 15) is 4.39 Å². The molecule has 0 spiro atoms. The molecule has 2 rings (SSSR count). The van der Waals surface area contributed by atoms with Gasteiger partial charge in [-0.1, -0.05) is 29.8 Å². The average Bonchev–Trinajstić information content (AvgIpc) is 2.45. The highest BCUT2D eigenvalue weighted by Gasteiger charge is 2.08. The minimum absolute atomic E-state index is 0.177. The molecule has 0 aromatic heterocycles. The number of benzene rings is 2. The van der Waals surface area contributed by atoms with Crippen LogP contribution in [0.2, 0.25) is 0 Å². The van der Waals surface area contributed by atoms with Crippen molar-refractivity contribution >= 4 is 11.8 Å². The quantitative estimate of drug-likeness (QED) is 0.805. The second kappa shape index (κ2) is 7.46. The number of likely N-dealkylation sites (N-methyl/N-ethyl adjacent to an activating group) is 1. The summed E-state index contributed by atoms with van der Waals surface area (Å²) in [6, 6.07) is 15.7. The van der Waals surface area contributed by atoms with Crippen LogP contribution < -0.4 is 5.32 Å². The lowest BCUT2D eigenvalue weighted by atomic mass is 10.1. The summed E-state index contributed by atoms with van der Waals surface area (Å²) < 4.78 is 12.9. The first-order valence-electron chi connectivity index (χ1n) is 6.78. The van der Waals surface area contributed by atoms with E-state index < -0.39 is 0 Å². The normalized spacial score (nSPS) is 12.3. The molecule has 1 atom stereocenters. The highest BCUT2D eigenvalue weighted by Crippen LogP contribution is 2.20. The zero-order chi connectivity index (χ0) is 14.4. The zero-order valence-corrected chi connectivity index (χ0v) is 12.7. The van der Waals surface area contributed by atoms with Gasteiger partial charge in [-0.2, -0.15) is 0 Å². The Kier molecular flexibility index (Phi) is 5.62. The van der Waals surface area contributed by atoms with E-state index in [1.807, 2.05) is 30.9 Å². The van der Waals surface area contributed by atoms with E-state index in [2.05, 4.69) is 36.5 Å². The van der Waals surface area contributed by atoms with Gasteiger partial charge in [0, 0.05) is 16.7 Å². The van der Waals surface area contributed by atoms with Gasteiger partial charge >= 0.3 is 0 Å². The summed E-state index contributed by atoms with van der Waals surface area (Å²) >= 11 is 1.85. The third kappa shape index (κ3) is 4.66. The maximum atomic E-state index is 12.9. The second-order valence-electron chi connectivity index (χ2n) is 4.94. The Hall–Kier alpha value is -1.32. The van der Waals surface area contributed by atoms with Crippen molar-refractivity contribution in [1.82, 2.24) is 5.32 Å². The second-order valence-corrected chi connectivity index (χ2v) is 6.04. The number of hydrogen-bond acceptors (Lipinski definition) is 2. The molecule has 0 saturated carbocycles. The molecular formula is C17H20FNS. The maximum absolute atomic E-state index is 12.9. The van der Waals surface area contributed by atoms with E-state index in [1.165, 1.54) is 22.6 Å². The average molecular weight is 289 g/mol. The van der Waals surface area contributed by atoms with E-state index in [0.717, 1.165) is 17.7 Å². The molecule has 0 heterocycles. The van der Waals surface area contributed by atoms with Crippen molar-refractivity contribution in [1.29, 1.82) is 0 Å². The Bertz CT molecular complexity index is 539. The van der Waals surface area contributed by atoms with Crippen LogP contribution in [0.4, 0.5) is 4.39 Å². The van der Waals surface area contributed by atoms with Gasteiger partial charge in [0.05, 0.1) is 0 Å². The topological polar surface area (TPSA) is 12.0 Å². The number of hydrogen-bond donors (Lipinski definition) is 1. The lowest BCUT2D eigenvalue weighted by Gasteiger charge is -2.16. The largest absolute Gasteiger partial charge is 0.316 e. The Labute approximate surface area is 124 Å². The summed E-state index contributed by atoms with van der Waals surface area (Å²) in [7, 11) is 1.98. The van der Waals surface area contributed by atoms with Gasteiger partial charge in [-0.05, 0) is 50.2 Å². The van der Waals surface area contributed by atoms with Crippen molar-refractivity contribution < 1.29 is 4.39 Å². The first kappa shape index (κ1) is 15.1. The third-order valence-corrected chi connectivity index (χ3v) is 4.40. The molecule has 0 aliphatic heterocycles. The number of halogens is 1. The summed E-state index contributed by atoms with van der Waals surface area (Å²) in [5.41, 5.74) is 2.45. The molecule has 0 bridgehead atoms. The van der Waals surface area contributed by atoms with Crippen LogP contribution in [0.25, 0.3) is 0 Å². The lowest BCUT2D eigenvalue weighted by molar-refractivity contribution is 0.609. The molecule has 0 fully saturated rings. The Balaban J connectivity index is 1.90. The van der Waals surface area contributed by atoms with Crippen LogP contribution >= 0.6 is 11.8 Å². The first-order chi connectivity index (χ1) is 9.67. The molecule has 1 nitrogen and oxygen atoms in total. The molecule has 0 saturated heterocycles. The van der Waals surface area contributed by atoms with Gasteiger partial charge in [-0.25, -0.2) is 4.39 Å². The third-order valence-electron chi connectivity index (χ3n) is 3.24. The van der Waals surface area contributed by atoms with Gasteiger partial charge < -0.3 is 5.32 Å². The summed E-state index contributed by atoms with van der Waals surface area (Å²) in [6.45, 7) is 2.11. The highest BCUT2D eigenvalue weighted by atomic mass is 32.2. The van der Waals surface area contributed by atoms with Crippen LogP contribution in [0.15, 0.2) is 53.4 Å². The lowest BCUT2D eigenvalue weighted by Crippen LogP contribution is -2.30. The molecule has 20 heavy (non-hydrogen) atoms. The molecule has 0 aliphatic carbocycles. The number of nitrogens with one attached hydrogen (secondary N) is 1. The van der Waals surface area contributed by atoms with Crippen molar-refractivity contribution in [3.05, 3.63) is 65.5 Å². The molecule has 3 heteroatoms. The van der Waals surface area contributed by atoms with Crippen molar-refractivity contribution in [2.24, 2.45) is 0 Å². The van der Waals surface area contributed by atoms with Crippen LogP contribution in [0.3, 0.4) is 0 Å². The fourth-order valence-corrected chi connectivity index (χ4v) is 3.17. The van der Waals surface area contributed by atoms with Crippen LogP contribution in [-0.2, 0) is 6.42 Å². The van der Waals surface area contributed by atoms with E-state index in [-0.39, 0.29) is 5.82 Å². The van der Waals surface area contributed by atoms with E-state index in [4.69, 9.17) is 0 Å². The van der Waals surface area contributed by atoms with Crippen LogP contribution in [0, 0.1) is 12.7 Å². The summed E-state index contributed by atoms with van der Waals surface area (Å²) in [5, 5.41) is 3.34. The molecule has 1 N–H and O–H groups in total. The summed E-state index contributed by atoms with van der Waals surface area (Å²) in [4.78, 5) is 1.30. The summed E-state index contributed by atoms with van der Waals surface area (Å²) in [6.07, 6.45) is 0.912. The van der Waals surface area contributed by atoms with Crippen molar-refractivity contribution in [3.63, 3.8) is 0 Å². The molecule has 1 unspecified atom stereocenters. The molecule has 106 valence electrons. The first-order valence-corrected chi connectivity index (χ1v) is 7.77. The Morgan fingerprint density at radius 3 is 2.55 bits per heavy atom. The Morgan fingerprint density at radius 2 is 1.90 bits per heavy atom. The minimum Gasteiger partial charge on any atom is -0.316 e. The van der Waals surface area contributed by atoms with Crippen molar-refractivity contribution in [2.45, 2.75) is 24.3 Å². The number of aryl methyl sites for hydroxylation is 1. The van der Waals surface area contributed by atoms with Crippen LogP contribution in [0.5, 0.6) is 0 Å². The smallest absolute Gasteiger partial charge is 0.123 e. The monoisotopic (exact) mass is 289 g/mol. The van der Waals surface area contributed by atoms with Crippen LogP contribution in [-0.4, -0.2) is 18.8 Å². The molecule has 2 aromatic rings. The summed E-state index contributed by atoms with van der Waals surface area (Å²) in [5.74, 6) is 0.820. The highest BCUT2D eigenvalue weighted by molar-refractivity contribution is 7.99. The molecule has 0 amide bonds. The van der Waals surface area contributed by atoms with E-state index in [1.54, 1.807) is 0 Å². The van der Waals surface area contributed by atoms with Crippen molar-refractivity contribution in [2.75, 3.05) is 12.8 Å². The fraction of sp³-hybridized carbons (Fsp3) is 0.294. The molecule has 0 radical (unpaired) electrons.